The Morgan fingerprint density at radius 1 is 1.14 bits per heavy atom. The highest BCUT2D eigenvalue weighted by molar-refractivity contribution is 5.43. The number of nitro benzene ring substituents is 1. The van der Waals surface area contributed by atoms with Gasteiger partial charge in [-0.2, -0.15) is 0 Å². The van der Waals surface area contributed by atoms with E-state index in [4.69, 9.17) is 14.2 Å². The van der Waals surface area contributed by atoms with Crippen LogP contribution in [0.5, 0.6) is 11.5 Å². The highest BCUT2D eigenvalue weighted by Crippen LogP contribution is 2.40. The second-order valence-corrected chi connectivity index (χ2v) is 4.60. The molecule has 0 fully saturated rings. The van der Waals surface area contributed by atoms with Gasteiger partial charge in [0.25, 0.3) is 11.5 Å². The molecule has 108 valence electrons. The molecule has 0 aliphatic carbocycles. The molecular weight excluding hydrogens is 274 g/mol. The maximum Gasteiger partial charge on any atom is 0.271 e. The zero-order valence-corrected chi connectivity index (χ0v) is 11.3. The molecule has 1 heterocycles. The van der Waals surface area contributed by atoms with Crippen molar-refractivity contribution in [2.24, 2.45) is 0 Å². The number of ether oxygens (including phenoxy) is 3. The molecule has 0 N–H and O–H groups in total. The third-order valence-corrected chi connectivity index (χ3v) is 3.39. The largest absolute Gasteiger partial charge is 0.482 e. The van der Waals surface area contributed by atoms with Crippen molar-refractivity contribution in [1.29, 1.82) is 0 Å². The lowest BCUT2D eigenvalue weighted by Gasteiger charge is -2.37. The van der Waals surface area contributed by atoms with Crippen LogP contribution in [0.25, 0.3) is 0 Å². The van der Waals surface area contributed by atoms with E-state index in [-0.39, 0.29) is 12.3 Å². The van der Waals surface area contributed by atoms with Crippen molar-refractivity contribution in [3.05, 3.63) is 64.2 Å². The lowest BCUT2D eigenvalue weighted by molar-refractivity contribution is -0.384. The SMILES string of the molecule is CO[C@@]1(c2ccc([N+](=O)[O-])cc2)COc2ccccc2O1. The summed E-state index contributed by atoms with van der Waals surface area (Å²) in [6.45, 7) is 0.165. The molecule has 0 saturated carbocycles. The van der Waals surface area contributed by atoms with Crippen LogP contribution in [-0.4, -0.2) is 18.6 Å². The van der Waals surface area contributed by atoms with Crippen molar-refractivity contribution in [2.45, 2.75) is 5.79 Å². The Morgan fingerprint density at radius 3 is 2.43 bits per heavy atom. The molecule has 0 unspecified atom stereocenters. The first-order chi connectivity index (χ1) is 10.1. The standard InChI is InChI=1S/C15H13NO5/c1-19-15(11-6-8-12(9-7-11)16(17)18)10-20-13-4-2-3-5-14(13)21-15/h2-9H,10H2,1H3/t15-/m0/s1. The van der Waals surface area contributed by atoms with Crippen LogP contribution >= 0.6 is 0 Å². The Morgan fingerprint density at radius 2 is 1.81 bits per heavy atom. The smallest absolute Gasteiger partial charge is 0.271 e. The molecule has 0 amide bonds. The summed E-state index contributed by atoms with van der Waals surface area (Å²) in [7, 11) is 1.51. The van der Waals surface area contributed by atoms with Crippen LogP contribution in [0.4, 0.5) is 5.69 Å². The van der Waals surface area contributed by atoms with Crippen LogP contribution in [0.15, 0.2) is 48.5 Å². The van der Waals surface area contributed by atoms with Crippen LogP contribution < -0.4 is 9.47 Å². The molecule has 1 aliphatic heterocycles. The van der Waals surface area contributed by atoms with Crippen molar-refractivity contribution in [2.75, 3.05) is 13.7 Å². The van der Waals surface area contributed by atoms with Crippen molar-refractivity contribution in [3.8, 4) is 11.5 Å². The van der Waals surface area contributed by atoms with E-state index in [1.165, 1.54) is 19.2 Å². The number of methoxy groups -OCH3 is 1. The highest BCUT2D eigenvalue weighted by atomic mass is 16.7. The molecule has 0 aromatic heterocycles. The minimum absolute atomic E-state index is 0.0159. The Balaban J connectivity index is 1.96. The van der Waals surface area contributed by atoms with Gasteiger partial charge in [0.1, 0.15) is 0 Å². The first-order valence-electron chi connectivity index (χ1n) is 6.35. The topological polar surface area (TPSA) is 70.8 Å². The molecule has 2 aromatic rings. The van der Waals surface area contributed by atoms with Gasteiger partial charge in [0, 0.05) is 24.8 Å². The predicted octanol–water partition coefficient (Wildman–Crippen LogP) is 2.87. The van der Waals surface area contributed by atoms with Gasteiger partial charge in [-0.3, -0.25) is 10.1 Å². The molecule has 1 aliphatic rings. The minimum Gasteiger partial charge on any atom is -0.482 e. The summed E-state index contributed by atoms with van der Waals surface area (Å²) in [4.78, 5) is 10.3. The Labute approximate surface area is 121 Å². The first-order valence-corrected chi connectivity index (χ1v) is 6.35. The fraction of sp³-hybridized carbons (Fsp3) is 0.200. The van der Waals surface area contributed by atoms with E-state index in [1.54, 1.807) is 18.2 Å². The van der Waals surface area contributed by atoms with Gasteiger partial charge in [-0.05, 0) is 24.3 Å². The van der Waals surface area contributed by atoms with Crippen molar-refractivity contribution in [1.82, 2.24) is 0 Å². The fourth-order valence-electron chi connectivity index (χ4n) is 2.23. The Bertz CT molecular complexity index is 670. The van der Waals surface area contributed by atoms with E-state index < -0.39 is 10.7 Å². The maximum absolute atomic E-state index is 10.7. The van der Waals surface area contributed by atoms with Crippen LogP contribution in [0.1, 0.15) is 5.56 Å². The summed E-state index contributed by atoms with van der Waals surface area (Å²) in [6, 6.07) is 13.3. The Hall–Kier alpha value is -2.60. The number of hydrogen-bond acceptors (Lipinski definition) is 5. The average Bonchev–Trinajstić information content (AvgIpc) is 2.54. The van der Waals surface area contributed by atoms with Crippen molar-refractivity contribution >= 4 is 5.69 Å². The zero-order chi connectivity index (χ0) is 14.9. The average molecular weight is 287 g/mol. The van der Waals surface area contributed by atoms with Gasteiger partial charge in [0.05, 0.1) is 4.92 Å². The molecule has 0 radical (unpaired) electrons. The van der Waals surface area contributed by atoms with Gasteiger partial charge in [-0.25, -0.2) is 0 Å². The zero-order valence-electron chi connectivity index (χ0n) is 11.3. The van der Waals surface area contributed by atoms with Crippen molar-refractivity contribution < 1.29 is 19.1 Å². The number of rotatable bonds is 3. The van der Waals surface area contributed by atoms with E-state index in [1.807, 2.05) is 18.2 Å². The van der Waals surface area contributed by atoms with Gasteiger partial charge in [0.2, 0.25) is 0 Å². The molecule has 6 nitrogen and oxygen atoms in total. The third kappa shape index (κ3) is 2.30. The van der Waals surface area contributed by atoms with Crippen molar-refractivity contribution in [3.63, 3.8) is 0 Å². The quantitative estimate of drug-likeness (QED) is 0.641. The van der Waals surface area contributed by atoms with Crippen LogP contribution in [0, 0.1) is 10.1 Å². The summed E-state index contributed by atoms with van der Waals surface area (Å²) < 4.78 is 17.1. The maximum atomic E-state index is 10.7. The summed E-state index contributed by atoms with van der Waals surface area (Å²) in [5.74, 6) is 0.111. The normalized spacial score (nSPS) is 20.0. The second kappa shape index (κ2) is 5.06. The van der Waals surface area contributed by atoms with Crippen LogP contribution in [-0.2, 0) is 10.5 Å². The van der Waals surface area contributed by atoms with E-state index in [0.29, 0.717) is 17.1 Å². The molecule has 0 saturated heterocycles. The first kappa shape index (κ1) is 13.4. The Kier molecular flexibility index (Phi) is 3.23. The number of benzene rings is 2. The van der Waals surface area contributed by atoms with Gasteiger partial charge >= 0.3 is 0 Å². The van der Waals surface area contributed by atoms with E-state index in [0.717, 1.165) is 0 Å². The number of fused-ring (bicyclic) bond motifs is 1. The van der Waals surface area contributed by atoms with Gasteiger partial charge in [-0.15, -0.1) is 0 Å². The van der Waals surface area contributed by atoms with Gasteiger partial charge in [-0.1, -0.05) is 12.1 Å². The fourth-order valence-corrected chi connectivity index (χ4v) is 2.23. The lowest BCUT2D eigenvalue weighted by Crippen LogP contribution is -2.43. The summed E-state index contributed by atoms with van der Waals surface area (Å²) in [5, 5.41) is 10.7. The van der Waals surface area contributed by atoms with Gasteiger partial charge < -0.3 is 14.2 Å². The molecule has 0 bridgehead atoms. The highest BCUT2D eigenvalue weighted by Gasteiger charge is 2.40. The number of non-ortho nitro benzene ring substituents is 1. The molecule has 0 spiro atoms. The number of nitrogens with zero attached hydrogens (tertiary/aromatic N) is 1. The molecule has 21 heavy (non-hydrogen) atoms. The molecule has 2 aromatic carbocycles. The summed E-state index contributed by atoms with van der Waals surface area (Å²) >= 11 is 0. The molecule has 3 rings (SSSR count). The van der Waals surface area contributed by atoms with E-state index >= 15 is 0 Å². The molecular formula is C15H13NO5. The summed E-state index contributed by atoms with van der Waals surface area (Å²) in [5.41, 5.74) is 0.673. The summed E-state index contributed by atoms with van der Waals surface area (Å²) in [6.07, 6.45) is 0. The minimum atomic E-state index is -1.11. The van der Waals surface area contributed by atoms with Crippen LogP contribution in [0.2, 0.25) is 0 Å². The number of nitro groups is 1. The van der Waals surface area contributed by atoms with Crippen LogP contribution in [0.3, 0.4) is 0 Å². The van der Waals surface area contributed by atoms with E-state index in [2.05, 4.69) is 0 Å². The second-order valence-electron chi connectivity index (χ2n) is 4.60. The number of hydrogen-bond donors (Lipinski definition) is 0. The van der Waals surface area contributed by atoms with Gasteiger partial charge in [0.15, 0.2) is 18.1 Å². The van der Waals surface area contributed by atoms with E-state index in [9.17, 15) is 10.1 Å². The number of para-hydroxylation sites is 2. The molecule has 6 heteroatoms. The third-order valence-electron chi connectivity index (χ3n) is 3.39. The molecule has 1 atom stereocenters. The monoisotopic (exact) mass is 287 g/mol. The lowest BCUT2D eigenvalue weighted by atomic mass is 10.0. The predicted molar refractivity (Wildman–Crippen MR) is 74.3 cm³/mol.